The fourth-order valence-corrected chi connectivity index (χ4v) is 2.55. The molecule has 0 aliphatic heterocycles. The van der Waals surface area contributed by atoms with E-state index in [-0.39, 0.29) is 6.04 Å². The normalized spacial score (nSPS) is 12.2. The average Bonchev–Trinajstić information content (AvgIpc) is 2.52. The molecule has 0 radical (unpaired) electrons. The van der Waals surface area contributed by atoms with Crippen LogP contribution in [0.15, 0.2) is 36.7 Å². The number of benzene rings is 1. The summed E-state index contributed by atoms with van der Waals surface area (Å²) in [6.45, 7) is 7.35. The number of aryl methyl sites for hydroxylation is 1. The Balaban J connectivity index is 2.49. The second-order valence-electron chi connectivity index (χ2n) is 5.30. The molecule has 1 aromatic carbocycles. The zero-order valence-corrected chi connectivity index (χ0v) is 13.3. The van der Waals surface area contributed by atoms with Crippen molar-refractivity contribution in [3.05, 3.63) is 58.9 Å². The van der Waals surface area contributed by atoms with E-state index < -0.39 is 0 Å². The van der Waals surface area contributed by atoms with E-state index in [9.17, 15) is 0 Å². The average molecular weight is 284 g/mol. The standard InChI is InChI=1S/C18H24N2O/c1-5-10-20-17(15-7-6-11-19-12-15)16-9-8-13(2)14(3)18(16)21-4/h6-9,11-12,17,20H,5,10H2,1-4H3. The van der Waals surface area contributed by atoms with E-state index in [0.717, 1.165) is 24.3 Å². The number of hydrogen-bond acceptors (Lipinski definition) is 3. The molecule has 1 N–H and O–H groups in total. The molecular weight excluding hydrogens is 260 g/mol. The van der Waals surface area contributed by atoms with E-state index in [2.05, 4.69) is 49.3 Å². The molecule has 1 atom stereocenters. The molecule has 0 aliphatic rings. The number of ether oxygens (including phenoxy) is 1. The van der Waals surface area contributed by atoms with Gasteiger partial charge >= 0.3 is 0 Å². The van der Waals surface area contributed by atoms with Gasteiger partial charge in [0.1, 0.15) is 5.75 Å². The van der Waals surface area contributed by atoms with Gasteiger partial charge in [-0.3, -0.25) is 4.98 Å². The van der Waals surface area contributed by atoms with Crippen LogP contribution >= 0.6 is 0 Å². The third-order valence-electron chi connectivity index (χ3n) is 3.84. The van der Waals surface area contributed by atoms with Gasteiger partial charge in [0.25, 0.3) is 0 Å². The molecule has 21 heavy (non-hydrogen) atoms. The number of pyridine rings is 1. The molecule has 2 rings (SSSR count). The third-order valence-corrected chi connectivity index (χ3v) is 3.84. The predicted octanol–water partition coefficient (Wildman–Crippen LogP) is 3.80. The van der Waals surface area contributed by atoms with E-state index in [1.165, 1.54) is 16.7 Å². The van der Waals surface area contributed by atoms with Crippen molar-refractivity contribution >= 4 is 0 Å². The highest BCUT2D eigenvalue weighted by atomic mass is 16.5. The van der Waals surface area contributed by atoms with Gasteiger partial charge < -0.3 is 10.1 Å². The minimum absolute atomic E-state index is 0.105. The summed E-state index contributed by atoms with van der Waals surface area (Å²) < 4.78 is 5.68. The summed E-state index contributed by atoms with van der Waals surface area (Å²) in [6.07, 6.45) is 4.81. The highest BCUT2D eigenvalue weighted by molar-refractivity contribution is 5.49. The molecule has 3 heteroatoms. The largest absolute Gasteiger partial charge is 0.496 e. The zero-order chi connectivity index (χ0) is 15.2. The van der Waals surface area contributed by atoms with Gasteiger partial charge in [0.2, 0.25) is 0 Å². The topological polar surface area (TPSA) is 34.2 Å². The molecule has 0 bridgehead atoms. The van der Waals surface area contributed by atoms with E-state index in [1.54, 1.807) is 13.3 Å². The predicted molar refractivity (Wildman–Crippen MR) is 86.8 cm³/mol. The Hall–Kier alpha value is -1.87. The van der Waals surface area contributed by atoms with Crippen LogP contribution in [0.5, 0.6) is 5.75 Å². The number of nitrogens with zero attached hydrogens (tertiary/aromatic N) is 1. The van der Waals surface area contributed by atoms with Crippen LogP contribution in [0.3, 0.4) is 0 Å². The first-order valence-electron chi connectivity index (χ1n) is 7.46. The van der Waals surface area contributed by atoms with Crippen LogP contribution < -0.4 is 10.1 Å². The van der Waals surface area contributed by atoms with Crippen LogP contribution in [-0.4, -0.2) is 18.6 Å². The van der Waals surface area contributed by atoms with E-state index >= 15 is 0 Å². The fourth-order valence-electron chi connectivity index (χ4n) is 2.55. The maximum Gasteiger partial charge on any atom is 0.127 e. The minimum Gasteiger partial charge on any atom is -0.496 e. The van der Waals surface area contributed by atoms with Gasteiger partial charge in [0.05, 0.1) is 13.2 Å². The summed E-state index contributed by atoms with van der Waals surface area (Å²) in [6, 6.07) is 8.50. The van der Waals surface area contributed by atoms with E-state index in [1.807, 2.05) is 12.3 Å². The molecule has 112 valence electrons. The first-order valence-corrected chi connectivity index (χ1v) is 7.46. The lowest BCUT2D eigenvalue weighted by Gasteiger charge is -2.23. The second-order valence-corrected chi connectivity index (χ2v) is 5.30. The maximum absolute atomic E-state index is 5.68. The molecule has 3 nitrogen and oxygen atoms in total. The molecule has 2 aromatic rings. The smallest absolute Gasteiger partial charge is 0.127 e. The van der Waals surface area contributed by atoms with Crippen LogP contribution in [0.4, 0.5) is 0 Å². The lowest BCUT2D eigenvalue weighted by Crippen LogP contribution is -2.24. The number of hydrogen-bond donors (Lipinski definition) is 1. The van der Waals surface area contributed by atoms with Crippen molar-refractivity contribution in [1.82, 2.24) is 10.3 Å². The van der Waals surface area contributed by atoms with Gasteiger partial charge in [-0.15, -0.1) is 0 Å². The molecule has 0 fully saturated rings. The Morgan fingerprint density at radius 1 is 1.24 bits per heavy atom. The number of rotatable bonds is 6. The Morgan fingerprint density at radius 3 is 2.67 bits per heavy atom. The van der Waals surface area contributed by atoms with Crippen molar-refractivity contribution < 1.29 is 4.74 Å². The lowest BCUT2D eigenvalue weighted by molar-refractivity contribution is 0.400. The molecule has 0 amide bonds. The quantitative estimate of drug-likeness (QED) is 0.876. The summed E-state index contributed by atoms with van der Waals surface area (Å²) in [7, 11) is 1.74. The Labute approximate surface area is 127 Å². The van der Waals surface area contributed by atoms with Gasteiger partial charge in [-0.25, -0.2) is 0 Å². The molecule has 0 saturated heterocycles. The Kier molecular flexibility index (Phi) is 5.34. The van der Waals surface area contributed by atoms with Gasteiger partial charge in [0.15, 0.2) is 0 Å². The highest BCUT2D eigenvalue weighted by Crippen LogP contribution is 2.33. The molecule has 0 saturated carbocycles. The van der Waals surface area contributed by atoms with Crippen LogP contribution in [0.25, 0.3) is 0 Å². The number of methoxy groups -OCH3 is 1. The zero-order valence-electron chi connectivity index (χ0n) is 13.3. The van der Waals surface area contributed by atoms with Crippen molar-refractivity contribution in [3.8, 4) is 5.75 Å². The second kappa shape index (κ2) is 7.23. The van der Waals surface area contributed by atoms with Crippen molar-refractivity contribution in [2.24, 2.45) is 0 Å². The van der Waals surface area contributed by atoms with Crippen molar-refractivity contribution in [2.45, 2.75) is 33.2 Å². The van der Waals surface area contributed by atoms with Gasteiger partial charge in [-0.2, -0.15) is 0 Å². The summed E-state index contributed by atoms with van der Waals surface area (Å²) >= 11 is 0. The van der Waals surface area contributed by atoms with Crippen molar-refractivity contribution in [1.29, 1.82) is 0 Å². The molecule has 0 spiro atoms. The molecule has 0 aliphatic carbocycles. The van der Waals surface area contributed by atoms with Gasteiger partial charge in [-0.05, 0) is 49.6 Å². The number of nitrogens with one attached hydrogen (secondary N) is 1. The molecule has 1 aromatic heterocycles. The Morgan fingerprint density at radius 2 is 2.05 bits per heavy atom. The molecule has 1 heterocycles. The monoisotopic (exact) mass is 284 g/mol. The first kappa shape index (κ1) is 15.5. The molecule has 1 unspecified atom stereocenters. The van der Waals surface area contributed by atoms with E-state index in [0.29, 0.717) is 0 Å². The summed E-state index contributed by atoms with van der Waals surface area (Å²) in [5.41, 5.74) is 4.77. The van der Waals surface area contributed by atoms with Crippen LogP contribution in [0, 0.1) is 13.8 Å². The van der Waals surface area contributed by atoms with Gasteiger partial charge in [-0.1, -0.05) is 25.1 Å². The van der Waals surface area contributed by atoms with Crippen LogP contribution in [0.1, 0.15) is 41.6 Å². The lowest BCUT2D eigenvalue weighted by atomic mass is 9.95. The van der Waals surface area contributed by atoms with Crippen molar-refractivity contribution in [2.75, 3.05) is 13.7 Å². The van der Waals surface area contributed by atoms with E-state index in [4.69, 9.17) is 4.74 Å². The fraction of sp³-hybridized carbons (Fsp3) is 0.389. The summed E-state index contributed by atoms with van der Waals surface area (Å²) in [4.78, 5) is 4.25. The minimum atomic E-state index is 0.105. The third kappa shape index (κ3) is 3.42. The summed E-state index contributed by atoms with van der Waals surface area (Å²) in [5.74, 6) is 0.965. The maximum atomic E-state index is 5.68. The van der Waals surface area contributed by atoms with Crippen LogP contribution in [-0.2, 0) is 0 Å². The molecular formula is C18H24N2O. The van der Waals surface area contributed by atoms with Crippen molar-refractivity contribution in [3.63, 3.8) is 0 Å². The Bertz CT molecular complexity index is 581. The summed E-state index contributed by atoms with van der Waals surface area (Å²) in [5, 5.41) is 3.60. The SMILES string of the molecule is CCCNC(c1cccnc1)c1ccc(C)c(C)c1OC. The number of aromatic nitrogens is 1. The first-order chi connectivity index (χ1) is 10.2. The van der Waals surface area contributed by atoms with Crippen LogP contribution in [0.2, 0.25) is 0 Å². The van der Waals surface area contributed by atoms with Gasteiger partial charge in [0, 0.05) is 18.0 Å². The highest BCUT2D eigenvalue weighted by Gasteiger charge is 2.19.